The summed E-state index contributed by atoms with van der Waals surface area (Å²) in [6.45, 7) is 0.127. The maximum absolute atomic E-state index is 8.92. The molecule has 0 heterocycles. The van der Waals surface area contributed by atoms with E-state index >= 15 is 0 Å². The molecule has 1 N–H and O–H groups in total. The van der Waals surface area contributed by atoms with Crippen molar-refractivity contribution >= 4 is 35.0 Å². The molecular weight excluding hydrogens is 239 g/mol. The maximum atomic E-state index is 8.92. The van der Waals surface area contributed by atoms with Crippen LogP contribution in [0.15, 0.2) is 24.3 Å². The molecule has 4 heteroatoms. The minimum absolute atomic E-state index is 0.118. The molecule has 78 valence electrons. The number of aliphatic hydroxyl groups excluding tert-OH is 1. The smallest absolute Gasteiger partial charge is 0.0561 e. The van der Waals surface area contributed by atoms with E-state index in [2.05, 4.69) is 0 Å². The summed E-state index contributed by atoms with van der Waals surface area (Å²) in [7, 11) is 0. The summed E-state index contributed by atoms with van der Waals surface area (Å²) in [5.74, 6) is 1.34. The van der Waals surface area contributed by atoms with Gasteiger partial charge in [0.2, 0.25) is 0 Å². The van der Waals surface area contributed by atoms with Gasteiger partial charge < -0.3 is 5.11 Å². The van der Waals surface area contributed by atoms with Gasteiger partial charge in [0.05, 0.1) is 6.61 Å². The summed E-state index contributed by atoms with van der Waals surface area (Å²) in [4.78, 5) is 0. The van der Waals surface area contributed by atoms with Crippen LogP contribution < -0.4 is 0 Å². The lowest BCUT2D eigenvalue weighted by molar-refractivity contribution is 0.301. The molecule has 1 atom stereocenters. The van der Waals surface area contributed by atoms with E-state index in [0.29, 0.717) is 5.88 Å². The van der Waals surface area contributed by atoms with Gasteiger partial charge in [-0.3, -0.25) is 0 Å². The molecule has 0 aliphatic carbocycles. The lowest BCUT2D eigenvalue weighted by Crippen LogP contribution is -2.10. The second-order valence-electron chi connectivity index (χ2n) is 2.90. The number of hydrogen-bond acceptors (Lipinski definition) is 2. The van der Waals surface area contributed by atoms with Crippen LogP contribution in [0.3, 0.4) is 0 Å². The standard InChI is InChI=1S/C10H12Cl2OS/c11-5-10(6-13)14-7-8-1-3-9(12)4-2-8/h1-4,10,13H,5-7H2. The Morgan fingerprint density at radius 2 is 1.93 bits per heavy atom. The first-order valence-electron chi connectivity index (χ1n) is 4.29. The Kier molecular flexibility index (Phi) is 5.71. The minimum atomic E-state index is 0.118. The summed E-state index contributed by atoms with van der Waals surface area (Å²) < 4.78 is 0. The van der Waals surface area contributed by atoms with Gasteiger partial charge in [0.15, 0.2) is 0 Å². The molecule has 0 aliphatic heterocycles. The van der Waals surface area contributed by atoms with E-state index in [4.69, 9.17) is 28.3 Å². The quantitative estimate of drug-likeness (QED) is 0.811. The first-order valence-corrected chi connectivity index (χ1v) is 6.25. The number of benzene rings is 1. The number of halogens is 2. The van der Waals surface area contributed by atoms with E-state index in [9.17, 15) is 0 Å². The van der Waals surface area contributed by atoms with E-state index < -0.39 is 0 Å². The molecular formula is C10H12Cl2OS. The van der Waals surface area contributed by atoms with Gasteiger partial charge in [-0.05, 0) is 17.7 Å². The van der Waals surface area contributed by atoms with Gasteiger partial charge in [0.1, 0.15) is 0 Å². The van der Waals surface area contributed by atoms with E-state index in [1.54, 1.807) is 11.8 Å². The molecule has 0 spiro atoms. The van der Waals surface area contributed by atoms with Crippen LogP contribution in [0, 0.1) is 0 Å². The van der Waals surface area contributed by atoms with Gasteiger partial charge in [-0.25, -0.2) is 0 Å². The van der Waals surface area contributed by atoms with Crippen molar-refractivity contribution < 1.29 is 5.11 Å². The first kappa shape index (κ1) is 12.2. The molecule has 1 nitrogen and oxygen atoms in total. The lowest BCUT2D eigenvalue weighted by atomic mass is 10.2. The predicted octanol–water partition coefficient (Wildman–Crippen LogP) is 3.17. The number of thioether (sulfide) groups is 1. The zero-order chi connectivity index (χ0) is 10.4. The number of aliphatic hydroxyl groups is 1. The molecule has 1 rings (SSSR count). The van der Waals surface area contributed by atoms with E-state index in [1.807, 2.05) is 24.3 Å². The number of alkyl halides is 1. The maximum Gasteiger partial charge on any atom is 0.0561 e. The van der Waals surface area contributed by atoms with Crippen LogP contribution in [-0.4, -0.2) is 22.8 Å². The highest BCUT2D eigenvalue weighted by Gasteiger charge is 2.05. The first-order chi connectivity index (χ1) is 6.76. The van der Waals surface area contributed by atoms with Crippen molar-refractivity contribution in [3.63, 3.8) is 0 Å². The van der Waals surface area contributed by atoms with Crippen molar-refractivity contribution in [2.45, 2.75) is 11.0 Å². The molecule has 0 saturated carbocycles. The third kappa shape index (κ3) is 4.09. The molecule has 0 saturated heterocycles. The van der Waals surface area contributed by atoms with Crippen LogP contribution in [0.1, 0.15) is 5.56 Å². The van der Waals surface area contributed by atoms with E-state index in [-0.39, 0.29) is 11.9 Å². The summed E-state index contributed by atoms with van der Waals surface area (Å²) in [5, 5.41) is 9.78. The highest BCUT2D eigenvalue weighted by atomic mass is 35.5. The molecule has 0 amide bonds. The minimum Gasteiger partial charge on any atom is -0.395 e. The topological polar surface area (TPSA) is 20.2 Å². The Morgan fingerprint density at radius 1 is 1.29 bits per heavy atom. The Hall–Kier alpha value is 0.110. The highest BCUT2D eigenvalue weighted by molar-refractivity contribution is 7.99. The van der Waals surface area contributed by atoms with Crippen molar-refractivity contribution in [2.75, 3.05) is 12.5 Å². The molecule has 0 bridgehead atoms. The molecule has 1 aromatic carbocycles. The fraction of sp³-hybridized carbons (Fsp3) is 0.400. The van der Waals surface area contributed by atoms with Crippen molar-refractivity contribution in [1.29, 1.82) is 0 Å². The SMILES string of the molecule is OCC(CCl)SCc1ccc(Cl)cc1. The average Bonchev–Trinajstić information content (AvgIpc) is 2.22. The third-order valence-electron chi connectivity index (χ3n) is 1.77. The monoisotopic (exact) mass is 250 g/mol. The second-order valence-corrected chi connectivity index (χ2v) is 4.93. The predicted molar refractivity (Wildman–Crippen MR) is 64.3 cm³/mol. The molecule has 14 heavy (non-hydrogen) atoms. The molecule has 0 aromatic heterocycles. The second kappa shape index (κ2) is 6.57. The summed E-state index contributed by atoms with van der Waals surface area (Å²) >= 11 is 13.1. The summed E-state index contributed by atoms with van der Waals surface area (Å²) in [6, 6.07) is 7.70. The summed E-state index contributed by atoms with van der Waals surface area (Å²) in [6.07, 6.45) is 0. The number of hydrogen-bond donors (Lipinski definition) is 1. The van der Waals surface area contributed by atoms with Gasteiger partial charge in [0, 0.05) is 21.9 Å². The van der Waals surface area contributed by atoms with Crippen LogP contribution in [0.4, 0.5) is 0 Å². The fourth-order valence-corrected chi connectivity index (χ4v) is 2.25. The zero-order valence-electron chi connectivity index (χ0n) is 7.62. The van der Waals surface area contributed by atoms with Crippen LogP contribution in [-0.2, 0) is 5.75 Å². The fourth-order valence-electron chi connectivity index (χ4n) is 0.941. The Bertz CT molecular complexity index is 259. The van der Waals surface area contributed by atoms with E-state index in [1.165, 1.54) is 5.56 Å². The van der Waals surface area contributed by atoms with Crippen molar-refractivity contribution in [3.8, 4) is 0 Å². The molecule has 1 unspecified atom stereocenters. The molecule has 0 radical (unpaired) electrons. The third-order valence-corrected chi connectivity index (χ3v) is 3.87. The van der Waals surface area contributed by atoms with Crippen molar-refractivity contribution in [2.24, 2.45) is 0 Å². The Labute approximate surface area is 98.4 Å². The average molecular weight is 251 g/mol. The normalized spacial score (nSPS) is 12.8. The molecule has 0 fully saturated rings. The Morgan fingerprint density at radius 3 is 2.43 bits per heavy atom. The molecule has 1 aromatic rings. The van der Waals surface area contributed by atoms with Gasteiger partial charge in [-0.2, -0.15) is 11.8 Å². The lowest BCUT2D eigenvalue weighted by Gasteiger charge is -2.09. The van der Waals surface area contributed by atoms with Crippen LogP contribution in [0.2, 0.25) is 5.02 Å². The van der Waals surface area contributed by atoms with Crippen molar-refractivity contribution in [1.82, 2.24) is 0 Å². The van der Waals surface area contributed by atoms with Crippen LogP contribution in [0.25, 0.3) is 0 Å². The van der Waals surface area contributed by atoms with Crippen LogP contribution in [0.5, 0.6) is 0 Å². The van der Waals surface area contributed by atoms with Crippen LogP contribution >= 0.6 is 35.0 Å². The van der Waals surface area contributed by atoms with Gasteiger partial charge in [-0.15, -0.1) is 11.6 Å². The largest absolute Gasteiger partial charge is 0.395 e. The Balaban J connectivity index is 2.41. The van der Waals surface area contributed by atoms with Crippen molar-refractivity contribution in [3.05, 3.63) is 34.9 Å². The number of rotatable bonds is 5. The van der Waals surface area contributed by atoms with Gasteiger partial charge in [0.25, 0.3) is 0 Å². The highest BCUT2D eigenvalue weighted by Crippen LogP contribution is 2.19. The summed E-state index contributed by atoms with van der Waals surface area (Å²) in [5.41, 5.74) is 1.20. The zero-order valence-corrected chi connectivity index (χ0v) is 9.95. The van der Waals surface area contributed by atoms with Gasteiger partial charge >= 0.3 is 0 Å². The van der Waals surface area contributed by atoms with Gasteiger partial charge in [-0.1, -0.05) is 23.7 Å². The van der Waals surface area contributed by atoms with E-state index in [0.717, 1.165) is 10.8 Å². The molecule has 0 aliphatic rings.